The van der Waals surface area contributed by atoms with Crippen molar-refractivity contribution in [1.29, 1.82) is 0 Å². The Bertz CT molecular complexity index is 1160. The number of benzene rings is 1. The molecule has 5 nitrogen and oxygen atoms in total. The van der Waals surface area contributed by atoms with Crippen LogP contribution in [0.4, 0.5) is 0 Å². The number of esters is 1. The molecule has 0 fully saturated rings. The Morgan fingerprint density at radius 1 is 1.00 bits per heavy atom. The van der Waals surface area contributed by atoms with E-state index in [1.54, 1.807) is 25.1 Å². The van der Waals surface area contributed by atoms with Gasteiger partial charge in [-0.2, -0.15) is 4.57 Å². The van der Waals surface area contributed by atoms with Crippen LogP contribution in [-0.2, 0) is 20.5 Å². The molecule has 0 amide bonds. The molecule has 3 aromatic heterocycles. The Morgan fingerprint density at radius 2 is 1.68 bits per heavy atom. The first-order valence-electron chi connectivity index (χ1n) is 9.98. The van der Waals surface area contributed by atoms with Crippen molar-refractivity contribution in [3.05, 3.63) is 114 Å². The average molecular weight is 434 g/mol. The molecule has 31 heavy (non-hydrogen) atoms. The molecule has 0 N–H and O–H groups in total. The van der Waals surface area contributed by atoms with Gasteiger partial charge in [0, 0.05) is 35.2 Å². The Labute approximate surface area is 185 Å². The quantitative estimate of drug-likeness (QED) is 0.356. The third-order valence-corrected chi connectivity index (χ3v) is 6.94. The Morgan fingerprint density at radius 3 is 2.32 bits per heavy atom. The summed E-state index contributed by atoms with van der Waals surface area (Å²) in [6, 6.07) is 18.3. The number of carbonyl (C=O) groups is 1. The molecule has 6 heteroatoms. The second kappa shape index (κ2) is 6.86. The maximum atomic E-state index is 13.6. The summed E-state index contributed by atoms with van der Waals surface area (Å²) < 4.78 is 18.6. The maximum Gasteiger partial charge on any atom is 0.383 e. The predicted octanol–water partition coefficient (Wildman–Crippen LogP) is 0.916. The highest BCUT2D eigenvalue weighted by molar-refractivity contribution is 5.84. The van der Waals surface area contributed by atoms with E-state index < -0.39 is 11.0 Å². The zero-order valence-electron chi connectivity index (χ0n) is 16.8. The first-order chi connectivity index (χ1) is 14.7. The summed E-state index contributed by atoms with van der Waals surface area (Å²) in [4.78, 5) is 13.6. The van der Waals surface area contributed by atoms with E-state index in [1.807, 2.05) is 42.6 Å². The summed E-state index contributed by atoms with van der Waals surface area (Å²) in [5, 5.41) is 0. The zero-order valence-corrected chi connectivity index (χ0v) is 17.6. The number of nitrogens with zero attached hydrogens (tertiary/aromatic N) is 1. The van der Waals surface area contributed by atoms with Crippen LogP contribution in [0, 0.1) is 0 Å². The van der Waals surface area contributed by atoms with Crippen LogP contribution < -0.4 is 17.0 Å². The predicted molar refractivity (Wildman–Crippen MR) is 107 cm³/mol. The van der Waals surface area contributed by atoms with Crippen molar-refractivity contribution in [2.75, 3.05) is 7.11 Å². The van der Waals surface area contributed by atoms with E-state index in [0.29, 0.717) is 6.42 Å². The molecule has 156 valence electrons. The molecule has 3 aliphatic rings. The number of carbonyl (C=O) groups excluding carboxylic acids is 1. The monoisotopic (exact) mass is 433 g/mol. The van der Waals surface area contributed by atoms with Crippen LogP contribution >= 0.6 is 0 Å². The number of methoxy groups -OCH3 is 1. The zero-order chi connectivity index (χ0) is 20.3. The van der Waals surface area contributed by atoms with Crippen molar-refractivity contribution in [2.45, 2.75) is 23.3 Å². The van der Waals surface area contributed by atoms with Crippen LogP contribution in [0.5, 0.6) is 0 Å². The van der Waals surface area contributed by atoms with Crippen LogP contribution in [0.3, 0.4) is 0 Å². The molecule has 5 heterocycles. The van der Waals surface area contributed by atoms with Crippen molar-refractivity contribution in [2.24, 2.45) is 0 Å². The molecule has 2 unspecified atom stereocenters. The number of halogens is 1. The first kappa shape index (κ1) is 19.6. The van der Waals surface area contributed by atoms with Crippen molar-refractivity contribution < 1.29 is 35.3 Å². The molecule has 2 bridgehead atoms. The molecule has 0 spiro atoms. The lowest BCUT2D eigenvalue weighted by Gasteiger charge is -2.52. The fraction of sp³-hybridized carbons (Fsp3) is 0.200. The van der Waals surface area contributed by atoms with Crippen LogP contribution in [0.1, 0.15) is 40.3 Å². The van der Waals surface area contributed by atoms with E-state index in [2.05, 4.69) is 22.8 Å². The van der Waals surface area contributed by atoms with E-state index in [1.165, 1.54) is 7.11 Å². The summed E-state index contributed by atoms with van der Waals surface area (Å²) >= 11 is 0. The lowest BCUT2D eigenvalue weighted by molar-refractivity contribution is -0.759. The minimum absolute atomic E-state index is 0. The van der Waals surface area contributed by atoms with E-state index >= 15 is 0 Å². The Balaban J connectivity index is 0.00000204. The molecule has 4 aromatic rings. The van der Waals surface area contributed by atoms with Crippen molar-refractivity contribution in [3.63, 3.8) is 0 Å². The number of pyridine rings is 1. The molecule has 2 aliphatic heterocycles. The van der Waals surface area contributed by atoms with Crippen LogP contribution in [0.2, 0.25) is 0 Å². The average Bonchev–Trinajstić information content (AvgIpc) is 3.53. The highest BCUT2D eigenvalue weighted by Crippen LogP contribution is 2.61. The number of ether oxygens (including phenoxy) is 1. The van der Waals surface area contributed by atoms with E-state index in [0.717, 1.165) is 27.9 Å². The van der Waals surface area contributed by atoms with Gasteiger partial charge in [0.1, 0.15) is 0 Å². The molecule has 7 rings (SSSR count). The van der Waals surface area contributed by atoms with Gasteiger partial charge in [-0.15, -0.1) is 0 Å². The lowest BCUT2D eigenvalue weighted by atomic mass is 9.50. The standard InChI is InChI=1S/C25H20NO4.ClH/c1-28-23(27)25-16-24(17-9-12-29-14-17,18-10-13-30-15-18)22(19-6-2-3-7-20(19)25)21-8-4-5-11-26(21)25;/h2-15,22H,16H2,1H3;1H/q+1;/p-1. The summed E-state index contributed by atoms with van der Waals surface area (Å²) in [7, 11) is 1.46. The molecular formula is C25H20ClNO4. The lowest BCUT2D eigenvalue weighted by Crippen LogP contribution is -3.00. The van der Waals surface area contributed by atoms with Gasteiger partial charge in [0.2, 0.25) is 0 Å². The van der Waals surface area contributed by atoms with Gasteiger partial charge in [-0.1, -0.05) is 30.3 Å². The summed E-state index contributed by atoms with van der Waals surface area (Å²) in [6.45, 7) is 0. The maximum absolute atomic E-state index is 13.6. The number of hydrogen-bond acceptors (Lipinski definition) is 4. The van der Waals surface area contributed by atoms with Gasteiger partial charge < -0.3 is 26.0 Å². The normalized spacial score (nSPS) is 22.2. The fourth-order valence-corrected chi connectivity index (χ4v) is 5.85. The number of hydrogen-bond donors (Lipinski definition) is 0. The van der Waals surface area contributed by atoms with Crippen LogP contribution in [-0.4, -0.2) is 13.1 Å². The van der Waals surface area contributed by atoms with Gasteiger partial charge in [0.15, 0.2) is 11.9 Å². The molecule has 0 saturated carbocycles. The molecule has 1 aliphatic carbocycles. The Hall–Kier alpha value is -3.31. The third-order valence-electron chi connectivity index (χ3n) is 6.94. The van der Waals surface area contributed by atoms with Gasteiger partial charge in [-0.3, -0.25) is 0 Å². The number of fused-ring (bicyclic) bond motifs is 1. The summed E-state index contributed by atoms with van der Waals surface area (Å²) in [6.07, 6.45) is 9.45. The van der Waals surface area contributed by atoms with Crippen LogP contribution in [0.15, 0.2) is 94.7 Å². The van der Waals surface area contributed by atoms with E-state index in [4.69, 9.17) is 13.6 Å². The summed E-state index contributed by atoms with van der Waals surface area (Å²) in [5.74, 6) is -0.293. The SMILES string of the molecule is COC(=O)C12CC(c3ccoc3)(c3ccoc3)C(c3ccccc31)c1cccc[n+]12.[Cl-]. The number of rotatable bonds is 3. The van der Waals surface area contributed by atoms with E-state index in [9.17, 15) is 4.79 Å². The van der Waals surface area contributed by atoms with Gasteiger partial charge in [-0.25, -0.2) is 4.79 Å². The van der Waals surface area contributed by atoms with Gasteiger partial charge >= 0.3 is 5.97 Å². The second-order valence-corrected chi connectivity index (χ2v) is 8.04. The molecule has 0 radical (unpaired) electrons. The van der Waals surface area contributed by atoms with Gasteiger partial charge in [0.05, 0.1) is 43.5 Å². The van der Waals surface area contributed by atoms with Crippen molar-refractivity contribution in [1.82, 2.24) is 0 Å². The minimum atomic E-state index is -0.995. The Kier molecular flexibility index (Phi) is 4.34. The highest BCUT2D eigenvalue weighted by Gasteiger charge is 2.70. The summed E-state index contributed by atoms with van der Waals surface area (Å²) in [5.41, 5.74) is 3.69. The molecule has 1 aromatic carbocycles. The van der Waals surface area contributed by atoms with Gasteiger partial charge in [0.25, 0.3) is 5.54 Å². The smallest absolute Gasteiger partial charge is 0.383 e. The topological polar surface area (TPSA) is 56.5 Å². The highest BCUT2D eigenvalue weighted by atomic mass is 35.5. The van der Waals surface area contributed by atoms with Crippen LogP contribution in [0.25, 0.3) is 0 Å². The van der Waals surface area contributed by atoms with Gasteiger partial charge in [-0.05, 0) is 17.7 Å². The first-order valence-corrected chi connectivity index (χ1v) is 9.98. The fourth-order valence-electron chi connectivity index (χ4n) is 5.85. The van der Waals surface area contributed by atoms with Crippen molar-refractivity contribution >= 4 is 5.97 Å². The van der Waals surface area contributed by atoms with E-state index in [-0.39, 0.29) is 24.3 Å². The molecular weight excluding hydrogens is 414 g/mol. The number of aromatic nitrogens is 1. The minimum Gasteiger partial charge on any atom is -1.00 e. The second-order valence-electron chi connectivity index (χ2n) is 8.04. The van der Waals surface area contributed by atoms with Crippen molar-refractivity contribution in [3.8, 4) is 0 Å². The molecule has 2 atom stereocenters. The molecule has 0 saturated heterocycles. The number of furan rings is 2. The largest absolute Gasteiger partial charge is 1.00 e. The third kappa shape index (κ3) is 2.27.